The number of benzene rings is 2. The second-order valence-electron chi connectivity index (χ2n) is 3.72. The van der Waals surface area contributed by atoms with E-state index in [2.05, 4.69) is 33.4 Å². The first-order valence-electron chi connectivity index (χ1n) is 5.40. The summed E-state index contributed by atoms with van der Waals surface area (Å²) in [6.45, 7) is 0.785. The van der Waals surface area contributed by atoms with Crippen LogP contribution in [0.1, 0.15) is 5.56 Å². The van der Waals surface area contributed by atoms with Gasteiger partial charge in [-0.2, -0.15) is 0 Å². The zero-order chi connectivity index (χ0) is 12.1. The molecule has 0 aliphatic rings. The number of rotatable bonds is 4. The van der Waals surface area contributed by atoms with Gasteiger partial charge in [-0.05, 0) is 35.9 Å². The molecule has 0 aliphatic carbocycles. The molecule has 0 spiro atoms. The lowest BCUT2D eigenvalue weighted by Gasteiger charge is -2.08. The maximum Gasteiger partial charge on any atom is 0.119 e. The van der Waals surface area contributed by atoms with Crippen LogP contribution in [-0.4, -0.2) is 7.11 Å². The molecule has 0 radical (unpaired) electrons. The minimum absolute atomic E-state index is 0.785. The molecule has 3 heteroatoms. The fourth-order valence-corrected chi connectivity index (χ4v) is 1.98. The number of anilines is 1. The summed E-state index contributed by atoms with van der Waals surface area (Å²) in [6, 6.07) is 16.2. The zero-order valence-electron chi connectivity index (χ0n) is 9.61. The Morgan fingerprint density at radius 2 is 1.94 bits per heavy atom. The number of hydrogen-bond acceptors (Lipinski definition) is 2. The first-order chi connectivity index (χ1) is 8.28. The van der Waals surface area contributed by atoms with E-state index in [1.54, 1.807) is 7.11 Å². The van der Waals surface area contributed by atoms with Crippen LogP contribution < -0.4 is 10.1 Å². The van der Waals surface area contributed by atoms with Crippen molar-refractivity contribution in [3.05, 3.63) is 58.6 Å². The van der Waals surface area contributed by atoms with Gasteiger partial charge in [0.1, 0.15) is 5.75 Å². The third kappa shape index (κ3) is 3.49. The highest BCUT2D eigenvalue weighted by atomic mass is 79.9. The van der Waals surface area contributed by atoms with Crippen LogP contribution in [0.2, 0.25) is 0 Å². The van der Waals surface area contributed by atoms with Gasteiger partial charge in [-0.3, -0.25) is 0 Å². The van der Waals surface area contributed by atoms with Crippen LogP contribution in [0.4, 0.5) is 5.69 Å². The minimum Gasteiger partial charge on any atom is -0.497 e. The van der Waals surface area contributed by atoms with Crippen LogP contribution in [0.3, 0.4) is 0 Å². The Balaban J connectivity index is 2.02. The maximum absolute atomic E-state index is 5.19. The van der Waals surface area contributed by atoms with E-state index in [-0.39, 0.29) is 0 Å². The number of nitrogens with one attached hydrogen (secondary N) is 1. The molecule has 0 amide bonds. The fraction of sp³-hybridized carbons (Fsp3) is 0.143. The Morgan fingerprint density at radius 3 is 2.71 bits per heavy atom. The Bertz CT molecular complexity index is 499. The molecule has 0 unspecified atom stereocenters. The molecule has 0 aliphatic heterocycles. The summed E-state index contributed by atoms with van der Waals surface area (Å²) >= 11 is 3.45. The second-order valence-corrected chi connectivity index (χ2v) is 4.63. The molecule has 17 heavy (non-hydrogen) atoms. The summed E-state index contributed by atoms with van der Waals surface area (Å²) in [5.74, 6) is 0.888. The molecule has 2 aromatic carbocycles. The molecular weight excluding hydrogens is 278 g/mol. The highest BCUT2D eigenvalue weighted by molar-refractivity contribution is 9.10. The molecule has 2 rings (SSSR count). The van der Waals surface area contributed by atoms with Crippen LogP contribution in [-0.2, 0) is 6.54 Å². The van der Waals surface area contributed by atoms with Crippen molar-refractivity contribution in [2.45, 2.75) is 6.54 Å². The molecule has 1 N–H and O–H groups in total. The van der Waals surface area contributed by atoms with E-state index < -0.39 is 0 Å². The number of hydrogen-bond donors (Lipinski definition) is 1. The van der Waals surface area contributed by atoms with Crippen LogP contribution in [0.5, 0.6) is 5.75 Å². The van der Waals surface area contributed by atoms with Crippen molar-refractivity contribution >= 4 is 21.6 Å². The van der Waals surface area contributed by atoms with Gasteiger partial charge in [0, 0.05) is 16.7 Å². The second kappa shape index (κ2) is 5.73. The van der Waals surface area contributed by atoms with Crippen molar-refractivity contribution in [1.29, 1.82) is 0 Å². The van der Waals surface area contributed by atoms with Crippen LogP contribution >= 0.6 is 15.9 Å². The van der Waals surface area contributed by atoms with Gasteiger partial charge >= 0.3 is 0 Å². The van der Waals surface area contributed by atoms with E-state index in [4.69, 9.17) is 4.74 Å². The molecule has 2 nitrogen and oxygen atoms in total. The molecule has 0 atom stereocenters. The molecule has 2 aromatic rings. The van der Waals surface area contributed by atoms with E-state index in [0.29, 0.717) is 0 Å². The van der Waals surface area contributed by atoms with Crippen LogP contribution in [0.25, 0.3) is 0 Å². The normalized spacial score (nSPS) is 10.0. The first kappa shape index (κ1) is 12.0. The smallest absolute Gasteiger partial charge is 0.119 e. The average Bonchev–Trinajstić information content (AvgIpc) is 2.37. The molecule has 0 bridgehead atoms. The SMILES string of the molecule is COc1cccc(CNc2cccc(Br)c2)c1. The summed E-state index contributed by atoms with van der Waals surface area (Å²) in [4.78, 5) is 0. The van der Waals surface area contributed by atoms with Gasteiger partial charge in [-0.1, -0.05) is 34.1 Å². The molecule has 0 heterocycles. The first-order valence-corrected chi connectivity index (χ1v) is 6.19. The Hall–Kier alpha value is -1.48. The van der Waals surface area contributed by atoms with Crippen molar-refractivity contribution < 1.29 is 4.74 Å². The third-order valence-electron chi connectivity index (χ3n) is 2.46. The Morgan fingerprint density at radius 1 is 1.12 bits per heavy atom. The number of methoxy groups -OCH3 is 1. The van der Waals surface area contributed by atoms with E-state index in [1.807, 2.05) is 36.4 Å². The van der Waals surface area contributed by atoms with Gasteiger partial charge in [0.2, 0.25) is 0 Å². The standard InChI is InChI=1S/C14H14BrNO/c1-17-14-7-2-4-11(8-14)10-16-13-6-3-5-12(15)9-13/h2-9,16H,10H2,1H3. The maximum atomic E-state index is 5.19. The van der Waals surface area contributed by atoms with Crippen molar-refractivity contribution in [2.75, 3.05) is 12.4 Å². The van der Waals surface area contributed by atoms with Gasteiger partial charge in [-0.15, -0.1) is 0 Å². The van der Waals surface area contributed by atoms with Gasteiger partial charge in [-0.25, -0.2) is 0 Å². The van der Waals surface area contributed by atoms with Crippen molar-refractivity contribution in [2.24, 2.45) is 0 Å². The molecule has 0 fully saturated rings. The topological polar surface area (TPSA) is 21.3 Å². The molecule has 0 aromatic heterocycles. The average molecular weight is 292 g/mol. The molecular formula is C14H14BrNO. The van der Waals surface area contributed by atoms with Crippen molar-refractivity contribution in [3.63, 3.8) is 0 Å². The molecule has 0 saturated carbocycles. The molecule has 88 valence electrons. The Labute approximate surface area is 110 Å². The van der Waals surface area contributed by atoms with Gasteiger partial charge in [0.05, 0.1) is 7.11 Å². The van der Waals surface area contributed by atoms with Crippen LogP contribution in [0.15, 0.2) is 53.0 Å². The van der Waals surface area contributed by atoms with Gasteiger partial charge < -0.3 is 10.1 Å². The van der Waals surface area contributed by atoms with Gasteiger partial charge in [0.15, 0.2) is 0 Å². The third-order valence-corrected chi connectivity index (χ3v) is 2.95. The lowest BCUT2D eigenvalue weighted by molar-refractivity contribution is 0.414. The van der Waals surface area contributed by atoms with E-state index >= 15 is 0 Å². The zero-order valence-corrected chi connectivity index (χ0v) is 11.2. The van der Waals surface area contributed by atoms with Crippen molar-refractivity contribution in [1.82, 2.24) is 0 Å². The predicted octanol–water partition coefficient (Wildman–Crippen LogP) is 4.07. The highest BCUT2D eigenvalue weighted by Gasteiger charge is 1.97. The summed E-state index contributed by atoms with van der Waals surface area (Å²) in [5.41, 5.74) is 2.30. The Kier molecular flexibility index (Phi) is 4.04. The lowest BCUT2D eigenvalue weighted by atomic mass is 10.2. The fourth-order valence-electron chi connectivity index (χ4n) is 1.58. The summed E-state index contributed by atoms with van der Waals surface area (Å²) in [7, 11) is 1.68. The highest BCUT2D eigenvalue weighted by Crippen LogP contribution is 2.17. The number of halogens is 1. The van der Waals surface area contributed by atoms with E-state index in [1.165, 1.54) is 5.56 Å². The largest absolute Gasteiger partial charge is 0.497 e. The van der Waals surface area contributed by atoms with E-state index in [9.17, 15) is 0 Å². The van der Waals surface area contributed by atoms with Crippen molar-refractivity contribution in [3.8, 4) is 5.75 Å². The predicted molar refractivity (Wildman–Crippen MR) is 74.5 cm³/mol. The molecule has 0 saturated heterocycles. The van der Waals surface area contributed by atoms with E-state index in [0.717, 1.165) is 22.5 Å². The quantitative estimate of drug-likeness (QED) is 0.917. The monoisotopic (exact) mass is 291 g/mol. The summed E-state index contributed by atoms with van der Waals surface area (Å²) in [5, 5.41) is 3.37. The minimum atomic E-state index is 0.785. The lowest BCUT2D eigenvalue weighted by Crippen LogP contribution is -1.99. The summed E-state index contributed by atoms with van der Waals surface area (Å²) in [6.07, 6.45) is 0. The summed E-state index contributed by atoms with van der Waals surface area (Å²) < 4.78 is 6.27. The van der Waals surface area contributed by atoms with Crippen LogP contribution in [0, 0.1) is 0 Å². The van der Waals surface area contributed by atoms with Gasteiger partial charge in [0.25, 0.3) is 0 Å². The number of ether oxygens (including phenoxy) is 1.